The van der Waals surface area contributed by atoms with Crippen LogP contribution in [0.5, 0.6) is 0 Å². The molecule has 0 aliphatic carbocycles. The number of likely N-dealkylation sites (N-methyl/N-ethyl adjacent to an activating group) is 1. The number of carbonyl (C=O) groups excluding carboxylic acids is 2. The highest BCUT2D eigenvalue weighted by Gasteiger charge is 2.28. The third-order valence-corrected chi connectivity index (χ3v) is 3.41. The van der Waals surface area contributed by atoms with Crippen LogP contribution in [0.4, 0.5) is 4.79 Å². The molecule has 0 N–H and O–H groups in total. The van der Waals surface area contributed by atoms with Gasteiger partial charge in [-0.2, -0.15) is 0 Å². The molecule has 1 saturated heterocycles. The van der Waals surface area contributed by atoms with Crippen LogP contribution < -0.4 is 0 Å². The van der Waals surface area contributed by atoms with E-state index in [2.05, 4.69) is 0 Å². The van der Waals surface area contributed by atoms with Crippen molar-refractivity contribution in [3.05, 3.63) is 12.0 Å². The number of rotatable bonds is 3. The maximum atomic E-state index is 12.3. The fourth-order valence-electron chi connectivity index (χ4n) is 2.29. The van der Waals surface area contributed by atoms with Crippen molar-refractivity contribution in [2.24, 2.45) is 0 Å². The van der Waals surface area contributed by atoms with Crippen molar-refractivity contribution in [3.8, 4) is 0 Å². The third-order valence-electron chi connectivity index (χ3n) is 3.41. The van der Waals surface area contributed by atoms with Gasteiger partial charge < -0.3 is 23.8 Å². The van der Waals surface area contributed by atoms with E-state index in [0.29, 0.717) is 32.1 Å². The van der Waals surface area contributed by atoms with E-state index in [4.69, 9.17) is 18.9 Å². The summed E-state index contributed by atoms with van der Waals surface area (Å²) in [7, 11) is 1.66. The molecule has 1 atom stereocenters. The van der Waals surface area contributed by atoms with Gasteiger partial charge in [0.25, 0.3) is 5.91 Å². The molecule has 0 bridgehead atoms. The zero-order valence-corrected chi connectivity index (χ0v) is 14.7. The van der Waals surface area contributed by atoms with E-state index in [1.807, 2.05) is 20.8 Å². The molecule has 0 aromatic heterocycles. The average Bonchev–Trinajstić information content (AvgIpc) is 2.53. The fourth-order valence-corrected chi connectivity index (χ4v) is 2.29. The topological polar surface area (TPSA) is 77.5 Å². The van der Waals surface area contributed by atoms with Crippen LogP contribution in [-0.4, -0.2) is 80.1 Å². The summed E-state index contributed by atoms with van der Waals surface area (Å²) in [4.78, 5) is 27.4. The molecule has 2 heterocycles. The van der Waals surface area contributed by atoms with E-state index in [0.717, 1.165) is 0 Å². The highest BCUT2D eigenvalue weighted by Crippen LogP contribution is 2.15. The van der Waals surface area contributed by atoms with Crippen LogP contribution in [0.15, 0.2) is 12.0 Å². The first-order chi connectivity index (χ1) is 11.3. The largest absolute Gasteiger partial charge is 0.493 e. The molecule has 2 aliphatic rings. The van der Waals surface area contributed by atoms with Crippen LogP contribution in [0.2, 0.25) is 0 Å². The van der Waals surface area contributed by atoms with Gasteiger partial charge in [-0.25, -0.2) is 4.79 Å². The Hall–Kier alpha value is -1.80. The molecule has 8 heteroatoms. The summed E-state index contributed by atoms with van der Waals surface area (Å²) < 4.78 is 21.5. The quantitative estimate of drug-likeness (QED) is 0.760. The van der Waals surface area contributed by atoms with Crippen molar-refractivity contribution in [2.45, 2.75) is 32.5 Å². The Morgan fingerprint density at radius 1 is 1.33 bits per heavy atom. The maximum Gasteiger partial charge on any atom is 0.414 e. The molecule has 136 valence electrons. The highest BCUT2D eigenvalue weighted by molar-refractivity contribution is 5.81. The van der Waals surface area contributed by atoms with Gasteiger partial charge >= 0.3 is 6.09 Å². The first kappa shape index (κ1) is 18.5. The predicted octanol–water partition coefficient (Wildman–Crippen LogP) is 0.969. The van der Waals surface area contributed by atoms with Gasteiger partial charge in [0, 0.05) is 7.05 Å². The molecule has 2 rings (SSSR count). The third kappa shape index (κ3) is 5.38. The first-order valence-corrected chi connectivity index (χ1v) is 8.04. The number of hydrogen-bond donors (Lipinski definition) is 0. The SMILES string of the molecule is CN(CC1=CN(C(=O)OC(C)(C)C)CCO1)C(=O)C1COCCO1. The van der Waals surface area contributed by atoms with Crippen molar-refractivity contribution in [2.75, 3.05) is 46.6 Å². The molecule has 0 radical (unpaired) electrons. The lowest BCUT2D eigenvalue weighted by Crippen LogP contribution is -2.45. The van der Waals surface area contributed by atoms with Crippen molar-refractivity contribution >= 4 is 12.0 Å². The summed E-state index contributed by atoms with van der Waals surface area (Å²) in [5.41, 5.74) is -0.561. The van der Waals surface area contributed by atoms with E-state index in [1.165, 1.54) is 9.80 Å². The lowest BCUT2D eigenvalue weighted by Gasteiger charge is -2.31. The van der Waals surface area contributed by atoms with Gasteiger partial charge in [-0.1, -0.05) is 0 Å². The molecule has 0 aromatic rings. The number of ether oxygens (including phenoxy) is 4. The Kier molecular flexibility index (Phi) is 6.06. The number of hydrogen-bond acceptors (Lipinski definition) is 6. The van der Waals surface area contributed by atoms with Crippen molar-refractivity contribution in [1.29, 1.82) is 0 Å². The second-order valence-corrected chi connectivity index (χ2v) is 6.75. The van der Waals surface area contributed by atoms with Gasteiger partial charge in [0.15, 0.2) is 6.10 Å². The van der Waals surface area contributed by atoms with Gasteiger partial charge in [0.2, 0.25) is 0 Å². The van der Waals surface area contributed by atoms with E-state index in [1.54, 1.807) is 13.2 Å². The summed E-state index contributed by atoms with van der Waals surface area (Å²) in [6.07, 6.45) is 0.566. The van der Waals surface area contributed by atoms with Crippen LogP contribution in [-0.2, 0) is 23.7 Å². The zero-order chi connectivity index (χ0) is 17.7. The van der Waals surface area contributed by atoms with Crippen LogP contribution in [0.1, 0.15) is 20.8 Å². The van der Waals surface area contributed by atoms with E-state index < -0.39 is 17.8 Å². The fraction of sp³-hybridized carbons (Fsp3) is 0.750. The molecule has 2 amide bonds. The summed E-state index contributed by atoms with van der Waals surface area (Å²) in [5.74, 6) is 0.355. The Morgan fingerprint density at radius 3 is 2.71 bits per heavy atom. The van der Waals surface area contributed by atoms with Crippen molar-refractivity contribution < 1.29 is 28.5 Å². The Labute approximate surface area is 142 Å². The Balaban J connectivity index is 1.92. The molecular weight excluding hydrogens is 316 g/mol. The monoisotopic (exact) mass is 342 g/mol. The van der Waals surface area contributed by atoms with Gasteiger partial charge in [-0.15, -0.1) is 0 Å². The van der Waals surface area contributed by atoms with E-state index in [-0.39, 0.29) is 19.1 Å². The lowest BCUT2D eigenvalue weighted by molar-refractivity contribution is -0.156. The molecule has 2 aliphatic heterocycles. The smallest absolute Gasteiger partial charge is 0.414 e. The zero-order valence-electron chi connectivity index (χ0n) is 14.7. The summed E-state index contributed by atoms with van der Waals surface area (Å²) in [6.45, 7) is 7.64. The van der Waals surface area contributed by atoms with Crippen LogP contribution in [0.25, 0.3) is 0 Å². The standard InChI is InChI=1S/C16H26N2O6/c1-16(2,3)24-15(20)18-5-6-22-12(10-18)9-17(4)14(19)13-11-21-7-8-23-13/h10,13H,5-9,11H2,1-4H3. The molecule has 1 unspecified atom stereocenters. The first-order valence-electron chi connectivity index (χ1n) is 8.04. The highest BCUT2D eigenvalue weighted by atomic mass is 16.6. The Morgan fingerprint density at radius 2 is 2.08 bits per heavy atom. The van der Waals surface area contributed by atoms with Crippen molar-refractivity contribution in [1.82, 2.24) is 9.80 Å². The minimum absolute atomic E-state index is 0.173. The second-order valence-electron chi connectivity index (χ2n) is 6.75. The van der Waals surface area contributed by atoms with Gasteiger partial charge in [-0.3, -0.25) is 9.69 Å². The number of nitrogens with zero attached hydrogens (tertiary/aromatic N) is 2. The van der Waals surface area contributed by atoms with E-state index in [9.17, 15) is 9.59 Å². The van der Waals surface area contributed by atoms with Gasteiger partial charge in [0.05, 0.1) is 39.1 Å². The van der Waals surface area contributed by atoms with Gasteiger partial charge in [0.1, 0.15) is 18.0 Å². The number of amides is 2. The average molecular weight is 342 g/mol. The molecule has 1 fully saturated rings. The molecule has 0 spiro atoms. The normalized spacial score (nSPS) is 21.6. The van der Waals surface area contributed by atoms with E-state index >= 15 is 0 Å². The molecular formula is C16H26N2O6. The lowest BCUT2D eigenvalue weighted by atomic mass is 10.2. The van der Waals surface area contributed by atoms with Gasteiger partial charge in [-0.05, 0) is 20.8 Å². The summed E-state index contributed by atoms with van der Waals surface area (Å²) in [6, 6.07) is 0. The summed E-state index contributed by atoms with van der Waals surface area (Å²) in [5, 5.41) is 0. The molecule has 24 heavy (non-hydrogen) atoms. The minimum atomic E-state index is -0.588. The van der Waals surface area contributed by atoms with Crippen molar-refractivity contribution in [3.63, 3.8) is 0 Å². The molecule has 0 aromatic carbocycles. The molecule has 8 nitrogen and oxygen atoms in total. The summed E-state index contributed by atoms with van der Waals surface area (Å²) >= 11 is 0. The predicted molar refractivity (Wildman–Crippen MR) is 85.2 cm³/mol. The number of carbonyl (C=O) groups is 2. The molecule has 0 saturated carbocycles. The Bertz CT molecular complexity index is 493. The minimum Gasteiger partial charge on any atom is -0.493 e. The van der Waals surface area contributed by atoms with Crippen LogP contribution >= 0.6 is 0 Å². The van der Waals surface area contributed by atoms with Crippen LogP contribution in [0, 0.1) is 0 Å². The van der Waals surface area contributed by atoms with Crippen LogP contribution in [0.3, 0.4) is 0 Å². The second kappa shape index (κ2) is 7.85. The maximum absolute atomic E-state index is 12.3.